The Bertz CT molecular complexity index is 602. The van der Waals surface area contributed by atoms with E-state index in [1.165, 1.54) is 18.5 Å². The van der Waals surface area contributed by atoms with Crippen molar-refractivity contribution in [2.24, 2.45) is 0 Å². The highest BCUT2D eigenvalue weighted by Gasteiger charge is 2.17. The molecule has 1 aromatic heterocycles. The molecule has 0 unspecified atom stereocenters. The summed E-state index contributed by atoms with van der Waals surface area (Å²) in [5, 5.41) is 11.2. The Hall–Kier alpha value is -2.21. The maximum absolute atomic E-state index is 10.9. The zero-order valence-electron chi connectivity index (χ0n) is 10.0. The first-order valence-corrected chi connectivity index (χ1v) is 5.79. The first-order chi connectivity index (χ1) is 9.08. The Balaban J connectivity index is 2.19. The SMILES string of the molecule is Cc1cccc([N+](=O)[O-])c1OCc1cnc(Cl)cn1. The van der Waals surface area contributed by atoms with Gasteiger partial charge < -0.3 is 4.74 Å². The molecule has 1 heterocycles. The Labute approximate surface area is 114 Å². The van der Waals surface area contributed by atoms with Gasteiger partial charge in [-0.05, 0) is 12.5 Å². The number of aromatic nitrogens is 2. The molecule has 0 saturated carbocycles. The van der Waals surface area contributed by atoms with E-state index in [-0.39, 0.29) is 23.2 Å². The fourth-order valence-corrected chi connectivity index (χ4v) is 1.63. The van der Waals surface area contributed by atoms with Crippen LogP contribution in [0.5, 0.6) is 5.75 Å². The van der Waals surface area contributed by atoms with Gasteiger partial charge in [-0.2, -0.15) is 0 Å². The highest BCUT2D eigenvalue weighted by atomic mass is 35.5. The lowest BCUT2D eigenvalue weighted by Gasteiger charge is -2.08. The molecule has 0 amide bonds. The van der Waals surface area contributed by atoms with Gasteiger partial charge in [-0.3, -0.25) is 15.1 Å². The summed E-state index contributed by atoms with van der Waals surface area (Å²) in [5.41, 5.74) is 1.17. The Morgan fingerprint density at radius 3 is 2.79 bits per heavy atom. The molecule has 0 aliphatic rings. The summed E-state index contributed by atoms with van der Waals surface area (Å²) in [7, 11) is 0. The lowest BCUT2D eigenvalue weighted by atomic mass is 10.2. The van der Waals surface area contributed by atoms with Crippen molar-refractivity contribution in [2.45, 2.75) is 13.5 Å². The monoisotopic (exact) mass is 279 g/mol. The van der Waals surface area contributed by atoms with Crippen LogP contribution in [-0.2, 0) is 6.61 Å². The maximum Gasteiger partial charge on any atom is 0.311 e. The fraction of sp³-hybridized carbons (Fsp3) is 0.167. The Morgan fingerprint density at radius 1 is 1.37 bits per heavy atom. The number of para-hydroxylation sites is 1. The predicted molar refractivity (Wildman–Crippen MR) is 69.2 cm³/mol. The molecule has 0 fully saturated rings. The third-order valence-electron chi connectivity index (χ3n) is 2.43. The van der Waals surface area contributed by atoms with Gasteiger partial charge in [0, 0.05) is 6.07 Å². The summed E-state index contributed by atoms with van der Waals surface area (Å²) in [4.78, 5) is 18.3. The van der Waals surface area contributed by atoms with Crippen LogP contribution in [0.2, 0.25) is 5.15 Å². The van der Waals surface area contributed by atoms with Crippen LogP contribution in [0.15, 0.2) is 30.6 Å². The van der Waals surface area contributed by atoms with Crippen LogP contribution in [0, 0.1) is 17.0 Å². The highest BCUT2D eigenvalue weighted by Crippen LogP contribution is 2.30. The van der Waals surface area contributed by atoms with Crippen LogP contribution in [0.1, 0.15) is 11.3 Å². The molecular formula is C12H10ClN3O3. The Kier molecular flexibility index (Phi) is 3.91. The second kappa shape index (κ2) is 5.62. The first-order valence-electron chi connectivity index (χ1n) is 5.41. The molecule has 6 nitrogen and oxygen atoms in total. The van der Waals surface area contributed by atoms with E-state index in [4.69, 9.17) is 16.3 Å². The Morgan fingerprint density at radius 2 is 2.16 bits per heavy atom. The molecule has 0 aliphatic heterocycles. The second-order valence-corrected chi connectivity index (χ2v) is 4.19. The van der Waals surface area contributed by atoms with E-state index in [1.807, 2.05) is 0 Å². The van der Waals surface area contributed by atoms with Crippen molar-refractivity contribution in [3.63, 3.8) is 0 Å². The van der Waals surface area contributed by atoms with E-state index in [0.717, 1.165) is 0 Å². The van der Waals surface area contributed by atoms with Gasteiger partial charge in [0.2, 0.25) is 0 Å². The smallest absolute Gasteiger partial charge is 0.311 e. The predicted octanol–water partition coefficient (Wildman–Crippen LogP) is 2.93. The minimum absolute atomic E-state index is 0.0677. The summed E-state index contributed by atoms with van der Waals surface area (Å²) in [5.74, 6) is 0.240. The summed E-state index contributed by atoms with van der Waals surface area (Å²) in [6, 6.07) is 4.76. The van der Waals surface area contributed by atoms with E-state index < -0.39 is 4.92 Å². The summed E-state index contributed by atoms with van der Waals surface area (Å²) in [6.45, 7) is 1.84. The number of rotatable bonds is 4. The van der Waals surface area contributed by atoms with Gasteiger partial charge in [-0.15, -0.1) is 0 Å². The first kappa shape index (κ1) is 13.2. The zero-order valence-corrected chi connectivity index (χ0v) is 10.8. The normalized spacial score (nSPS) is 10.2. The lowest BCUT2D eigenvalue weighted by Crippen LogP contribution is -2.02. The number of halogens is 1. The van der Waals surface area contributed by atoms with Gasteiger partial charge in [-0.1, -0.05) is 23.7 Å². The quantitative estimate of drug-likeness (QED) is 0.635. The number of hydrogen-bond donors (Lipinski definition) is 0. The number of nitro benzene ring substituents is 1. The van der Waals surface area contributed by atoms with Gasteiger partial charge in [0.15, 0.2) is 5.75 Å². The van der Waals surface area contributed by atoms with E-state index in [0.29, 0.717) is 11.3 Å². The standard InChI is InChI=1S/C12H10ClN3O3/c1-8-3-2-4-10(16(17)18)12(8)19-7-9-5-15-11(13)6-14-9/h2-6H,7H2,1H3. The van der Waals surface area contributed by atoms with Gasteiger partial charge in [0.25, 0.3) is 0 Å². The molecule has 2 rings (SSSR count). The van der Waals surface area contributed by atoms with Crippen molar-refractivity contribution in [3.05, 3.63) is 57.1 Å². The van der Waals surface area contributed by atoms with Crippen LogP contribution < -0.4 is 4.74 Å². The zero-order chi connectivity index (χ0) is 13.8. The van der Waals surface area contributed by atoms with Crippen molar-refractivity contribution < 1.29 is 9.66 Å². The van der Waals surface area contributed by atoms with Crippen LogP contribution >= 0.6 is 11.6 Å². The largest absolute Gasteiger partial charge is 0.480 e. The molecule has 2 aromatic rings. The van der Waals surface area contributed by atoms with Crippen molar-refractivity contribution in [1.29, 1.82) is 0 Å². The van der Waals surface area contributed by atoms with Crippen molar-refractivity contribution >= 4 is 17.3 Å². The maximum atomic E-state index is 10.9. The van der Waals surface area contributed by atoms with Gasteiger partial charge in [0.05, 0.1) is 23.0 Å². The van der Waals surface area contributed by atoms with Crippen molar-refractivity contribution in [1.82, 2.24) is 9.97 Å². The van der Waals surface area contributed by atoms with Crippen LogP contribution in [0.3, 0.4) is 0 Å². The molecule has 19 heavy (non-hydrogen) atoms. The molecule has 98 valence electrons. The van der Waals surface area contributed by atoms with Crippen molar-refractivity contribution in [3.8, 4) is 5.75 Å². The third-order valence-corrected chi connectivity index (χ3v) is 2.62. The fourth-order valence-electron chi connectivity index (χ4n) is 1.53. The number of aryl methyl sites for hydroxylation is 1. The molecule has 0 radical (unpaired) electrons. The average Bonchev–Trinajstić information content (AvgIpc) is 2.39. The third kappa shape index (κ3) is 3.17. The molecule has 0 atom stereocenters. The molecule has 0 aliphatic carbocycles. The van der Waals surface area contributed by atoms with E-state index in [1.54, 1.807) is 19.1 Å². The summed E-state index contributed by atoms with van der Waals surface area (Å²) < 4.78 is 5.47. The van der Waals surface area contributed by atoms with Crippen molar-refractivity contribution in [2.75, 3.05) is 0 Å². The molecule has 0 spiro atoms. The summed E-state index contributed by atoms with van der Waals surface area (Å²) >= 11 is 5.62. The van der Waals surface area contributed by atoms with Gasteiger partial charge in [-0.25, -0.2) is 4.98 Å². The number of nitrogens with zero attached hydrogens (tertiary/aromatic N) is 3. The molecule has 7 heteroatoms. The second-order valence-electron chi connectivity index (χ2n) is 3.80. The minimum Gasteiger partial charge on any atom is -0.480 e. The van der Waals surface area contributed by atoms with Gasteiger partial charge >= 0.3 is 5.69 Å². The van der Waals surface area contributed by atoms with Crippen LogP contribution in [0.25, 0.3) is 0 Å². The number of benzene rings is 1. The summed E-state index contributed by atoms with van der Waals surface area (Å²) in [6.07, 6.45) is 2.86. The van der Waals surface area contributed by atoms with Crippen LogP contribution in [0.4, 0.5) is 5.69 Å². The minimum atomic E-state index is -0.476. The van der Waals surface area contributed by atoms with Crippen LogP contribution in [-0.4, -0.2) is 14.9 Å². The molecule has 0 saturated heterocycles. The topological polar surface area (TPSA) is 78.2 Å². The molecule has 0 N–H and O–H groups in total. The van der Waals surface area contributed by atoms with Gasteiger partial charge in [0.1, 0.15) is 11.8 Å². The number of nitro groups is 1. The molecular weight excluding hydrogens is 270 g/mol. The van der Waals surface area contributed by atoms with E-state index >= 15 is 0 Å². The highest BCUT2D eigenvalue weighted by molar-refractivity contribution is 6.29. The molecule has 1 aromatic carbocycles. The van der Waals surface area contributed by atoms with E-state index in [2.05, 4.69) is 9.97 Å². The number of ether oxygens (including phenoxy) is 1. The molecule has 0 bridgehead atoms. The lowest BCUT2D eigenvalue weighted by molar-refractivity contribution is -0.386. The number of hydrogen-bond acceptors (Lipinski definition) is 5. The average molecular weight is 280 g/mol. The van der Waals surface area contributed by atoms with E-state index in [9.17, 15) is 10.1 Å².